The molecular weight excluding hydrogens is 198 g/mol. The molecular formula is C10H15NO4. The molecule has 0 rings (SSSR count). The van der Waals surface area contributed by atoms with Gasteiger partial charge in [0, 0.05) is 0 Å². The van der Waals surface area contributed by atoms with Gasteiger partial charge in [0.15, 0.2) is 11.5 Å². The summed E-state index contributed by atoms with van der Waals surface area (Å²) in [5.41, 5.74) is 5.58. The van der Waals surface area contributed by atoms with E-state index >= 15 is 0 Å². The van der Waals surface area contributed by atoms with E-state index in [1.807, 2.05) is 0 Å². The number of carboxylic acids is 1. The van der Waals surface area contributed by atoms with Crippen molar-refractivity contribution >= 4 is 5.97 Å². The Morgan fingerprint density at radius 1 is 1.40 bits per heavy atom. The summed E-state index contributed by atoms with van der Waals surface area (Å²) >= 11 is 0. The third-order valence-electron chi connectivity index (χ3n) is 1.68. The van der Waals surface area contributed by atoms with Crippen LogP contribution in [0.3, 0.4) is 0 Å². The van der Waals surface area contributed by atoms with E-state index in [-0.39, 0.29) is 17.9 Å². The average molecular weight is 213 g/mol. The Hall–Kier alpha value is -1.75. The minimum absolute atomic E-state index is 0.0103. The molecule has 0 heterocycles. The van der Waals surface area contributed by atoms with Gasteiger partial charge in [0.1, 0.15) is 6.04 Å². The van der Waals surface area contributed by atoms with Gasteiger partial charge < -0.3 is 21.1 Å². The fourth-order valence-electron chi connectivity index (χ4n) is 0.844. The molecule has 0 aromatic carbocycles. The van der Waals surface area contributed by atoms with Crippen LogP contribution in [0.2, 0.25) is 0 Å². The number of aliphatic hydroxyl groups is 2. The Labute approximate surface area is 87.8 Å². The Bertz CT molecular complexity index is 317. The third-order valence-corrected chi connectivity index (χ3v) is 1.68. The number of aliphatic hydroxyl groups excluding tert-OH is 2. The molecule has 0 bridgehead atoms. The van der Waals surface area contributed by atoms with E-state index in [4.69, 9.17) is 15.9 Å². The molecule has 1 atom stereocenters. The second-order valence-electron chi connectivity index (χ2n) is 3.01. The van der Waals surface area contributed by atoms with Gasteiger partial charge in [-0.1, -0.05) is 6.58 Å². The van der Waals surface area contributed by atoms with Gasteiger partial charge in [0.05, 0.1) is 0 Å². The Morgan fingerprint density at radius 2 is 1.93 bits per heavy atom. The number of rotatable bonds is 5. The molecule has 0 amide bonds. The summed E-state index contributed by atoms with van der Waals surface area (Å²) in [5.74, 6) is -1.79. The van der Waals surface area contributed by atoms with Crippen molar-refractivity contribution in [2.75, 3.05) is 0 Å². The number of nitrogens with two attached hydrogens (primary N) is 1. The molecule has 0 aliphatic carbocycles. The predicted octanol–water partition coefficient (Wildman–Crippen LogP) is 1.25. The summed E-state index contributed by atoms with van der Waals surface area (Å²) in [5, 5.41) is 26.8. The van der Waals surface area contributed by atoms with Gasteiger partial charge in [-0.3, -0.25) is 4.79 Å². The number of carboxylic acid groups (broad SMARTS) is 1. The lowest BCUT2D eigenvalue weighted by molar-refractivity contribution is -0.138. The van der Waals surface area contributed by atoms with E-state index < -0.39 is 12.0 Å². The highest BCUT2D eigenvalue weighted by molar-refractivity contribution is 5.73. The van der Waals surface area contributed by atoms with Crippen LogP contribution in [-0.2, 0) is 4.79 Å². The van der Waals surface area contributed by atoms with Gasteiger partial charge in [0.2, 0.25) is 0 Å². The molecule has 0 spiro atoms. The first-order valence-electron chi connectivity index (χ1n) is 4.31. The van der Waals surface area contributed by atoms with Gasteiger partial charge >= 0.3 is 5.97 Å². The molecule has 0 saturated heterocycles. The molecule has 0 aromatic rings. The maximum atomic E-state index is 10.4. The summed E-state index contributed by atoms with van der Waals surface area (Å²) in [6.07, 6.45) is 2.49. The average Bonchev–Trinajstić information content (AvgIpc) is 2.15. The normalized spacial score (nSPS) is 14.8. The third kappa shape index (κ3) is 4.87. The van der Waals surface area contributed by atoms with Crippen molar-refractivity contribution in [2.24, 2.45) is 5.73 Å². The zero-order valence-corrected chi connectivity index (χ0v) is 8.47. The van der Waals surface area contributed by atoms with Crippen LogP contribution in [0, 0.1) is 0 Å². The largest absolute Gasteiger partial charge is 0.504 e. The lowest BCUT2D eigenvalue weighted by Crippen LogP contribution is -2.30. The first-order valence-corrected chi connectivity index (χ1v) is 4.31. The van der Waals surface area contributed by atoms with Crippen LogP contribution in [0.15, 0.2) is 35.8 Å². The summed E-state index contributed by atoms with van der Waals surface area (Å²) in [6, 6.07) is -1.06. The molecule has 5 N–H and O–H groups in total. The fraction of sp³-hybridized carbons (Fsp3) is 0.300. The Balaban J connectivity index is 4.44. The minimum Gasteiger partial charge on any atom is -0.504 e. The van der Waals surface area contributed by atoms with E-state index in [1.54, 1.807) is 6.92 Å². The number of hydrogen-bond acceptors (Lipinski definition) is 4. The quantitative estimate of drug-likeness (QED) is 0.406. The van der Waals surface area contributed by atoms with Crippen molar-refractivity contribution in [3.05, 3.63) is 35.8 Å². The zero-order chi connectivity index (χ0) is 12.0. The lowest BCUT2D eigenvalue weighted by atomic mass is 10.1. The molecule has 15 heavy (non-hydrogen) atoms. The standard InChI is InChI=1S/C10H15NO4/c1-3-8(12)9(13)5-6(2)4-7(11)10(14)15/h3,5,7,12-13H,2,4,11H2,1H3,(H,14,15)/b8-3+,9-5+/t7-/m0/s1. The second-order valence-corrected chi connectivity index (χ2v) is 3.01. The van der Waals surface area contributed by atoms with Crippen molar-refractivity contribution in [2.45, 2.75) is 19.4 Å². The van der Waals surface area contributed by atoms with Crippen molar-refractivity contribution in [3.63, 3.8) is 0 Å². The Kier molecular flexibility index (Phi) is 5.19. The first-order chi connectivity index (χ1) is 6.88. The monoisotopic (exact) mass is 213 g/mol. The smallest absolute Gasteiger partial charge is 0.320 e. The van der Waals surface area contributed by atoms with Gasteiger partial charge in [0.25, 0.3) is 0 Å². The SMILES string of the molecule is C=C(/C=C(O)\C(O)=C/C)C[C@H](N)C(=O)O. The summed E-state index contributed by atoms with van der Waals surface area (Å²) in [7, 11) is 0. The highest BCUT2D eigenvalue weighted by atomic mass is 16.4. The highest BCUT2D eigenvalue weighted by Crippen LogP contribution is 2.10. The van der Waals surface area contributed by atoms with Gasteiger partial charge in [-0.15, -0.1) is 0 Å². The van der Waals surface area contributed by atoms with E-state index in [0.717, 1.165) is 0 Å². The summed E-state index contributed by atoms with van der Waals surface area (Å²) in [4.78, 5) is 10.4. The van der Waals surface area contributed by atoms with Crippen LogP contribution >= 0.6 is 0 Å². The summed E-state index contributed by atoms with van der Waals surface area (Å²) < 4.78 is 0. The maximum Gasteiger partial charge on any atom is 0.320 e. The minimum atomic E-state index is -1.14. The topological polar surface area (TPSA) is 104 Å². The van der Waals surface area contributed by atoms with Crippen LogP contribution in [-0.4, -0.2) is 27.3 Å². The Morgan fingerprint density at radius 3 is 2.33 bits per heavy atom. The van der Waals surface area contributed by atoms with Crippen molar-refractivity contribution in [1.82, 2.24) is 0 Å². The molecule has 0 unspecified atom stereocenters. The second kappa shape index (κ2) is 5.87. The van der Waals surface area contributed by atoms with E-state index in [9.17, 15) is 9.90 Å². The van der Waals surface area contributed by atoms with E-state index in [0.29, 0.717) is 5.57 Å². The van der Waals surface area contributed by atoms with Crippen LogP contribution in [0.1, 0.15) is 13.3 Å². The zero-order valence-electron chi connectivity index (χ0n) is 8.47. The predicted molar refractivity (Wildman–Crippen MR) is 56.5 cm³/mol. The summed E-state index contributed by atoms with van der Waals surface area (Å²) in [6.45, 7) is 5.06. The van der Waals surface area contributed by atoms with Crippen LogP contribution < -0.4 is 5.73 Å². The molecule has 84 valence electrons. The van der Waals surface area contributed by atoms with Crippen molar-refractivity contribution < 1.29 is 20.1 Å². The lowest BCUT2D eigenvalue weighted by Gasteiger charge is -2.06. The van der Waals surface area contributed by atoms with E-state index in [1.165, 1.54) is 12.2 Å². The number of carbonyl (C=O) groups is 1. The number of allylic oxidation sites excluding steroid dienone is 2. The van der Waals surface area contributed by atoms with Crippen LogP contribution in [0.5, 0.6) is 0 Å². The number of hydrogen-bond donors (Lipinski definition) is 4. The van der Waals surface area contributed by atoms with Gasteiger partial charge in [-0.2, -0.15) is 0 Å². The fourth-order valence-corrected chi connectivity index (χ4v) is 0.844. The van der Waals surface area contributed by atoms with Crippen molar-refractivity contribution in [3.8, 4) is 0 Å². The molecule has 0 radical (unpaired) electrons. The molecule has 0 fully saturated rings. The van der Waals surface area contributed by atoms with Gasteiger partial charge in [-0.05, 0) is 31.1 Å². The first kappa shape index (κ1) is 13.2. The molecule has 0 aliphatic rings. The molecule has 0 aliphatic heterocycles. The number of aliphatic carboxylic acids is 1. The van der Waals surface area contributed by atoms with Gasteiger partial charge in [-0.25, -0.2) is 0 Å². The molecule has 5 nitrogen and oxygen atoms in total. The van der Waals surface area contributed by atoms with Crippen LogP contribution in [0.25, 0.3) is 0 Å². The maximum absolute atomic E-state index is 10.4. The molecule has 0 saturated carbocycles. The highest BCUT2D eigenvalue weighted by Gasteiger charge is 2.12. The van der Waals surface area contributed by atoms with Crippen LogP contribution in [0.4, 0.5) is 0 Å². The molecule has 0 aromatic heterocycles. The van der Waals surface area contributed by atoms with Crippen molar-refractivity contribution in [1.29, 1.82) is 0 Å². The van der Waals surface area contributed by atoms with E-state index in [2.05, 4.69) is 6.58 Å². The molecule has 5 heteroatoms.